The minimum atomic E-state index is -0.581. The molecule has 0 spiro atoms. The number of primary amides is 1. The van der Waals surface area contributed by atoms with E-state index in [1.165, 1.54) is 16.8 Å². The zero-order valence-corrected chi connectivity index (χ0v) is 18.6. The molecule has 9 heteroatoms. The van der Waals surface area contributed by atoms with Gasteiger partial charge in [0.1, 0.15) is 17.3 Å². The Morgan fingerprint density at radius 1 is 1.26 bits per heavy atom. The van der Waals surface area contributed by atoms with Gasteiger partial charge in [-0.05, 0) is 62.1 Å². The summed E-state index contributed by atoms with van der Waals surface area (Å²) in [6.45, 7) is 4.98. The Kier molecular flexibility index (Phi) is 7.55. The van der Waals surface area contributed by atoms with Crippen LogP contribution in [0.3, 0.4) is 0 Å². The molecule has 2 heterocycles. The number of nitrogens with zero attached hydrogens (tertiary/aromatic N) is 2. The van der Waals surface area contributed by atoms with Gasteiger partial charge in [0.25, 0.3) is 11.8 Å². The molecule has 0 saturated carbocycles. The number of benzene rings is 2. The first kappa shape index (κ1) is 24.8. The number of aryl methyl sites for hydroxylation is 2. The van der Waals surface area contributed by atoms with Gasteiger partial charge in [-0.25, -0.2) is 9.07 Å². The largest absolute Gasteiger partial charge is 0.492 e. The third kappa shape index (κ3) is 4.88. The maximum atomic E-state index is 13.5. The van der Waals surface area contributed by atoms with Crippen LogP contribution in [0.5, 0.6) is 5.75 Å². The van der Waals surface area contributed by atoms with E-state index in [1.54, 1.807) is 25.1 Å². The number of anilines is 1. The van der Waals surface area contributed by atoms with Crippen LogP contribution in [0.15, 0.2) is 36.4 Å². The van der Waals surface area contributed by atoms with Crippen molar-refractivity contribution in [3.63, 3.8) is 0 Å². The normalized spacial score (nSPS) is 12.2. The van der Waals surface area contributed by atoms with Crippen LogP contribution >= 0.6 is 0 Å². The molecular formula is C25H30FN5O3. The summed E-state index contributed by atoms with van der Waals surface area (Å²) >= 11 is 0. The number of nitrogens with one attached hydrogen (secondary N) is 2. The molecule has 0 fully saturated rings. The van der Waals surface area contributed by atoms with Crippen molar-refractivity contribution in [2.24, 2.45) is 5.73 Å². The molecular weight excluding hydrogens is 437 g/mol. The Hall–Kier alpha value is -3.88. The van der Waals surface area contributed by atoms with Crippen LogP contribution in [0.25, 0.3) is 5.69 Å². The number of rotatable bonds is 7. The highest BCUT2D eigenvalue weighted by Gasteiger charge is 2.26. The van der Waals surface area contributed by atoms with Gasteiger partial charge in [-0.3, -0.25) is 9.59 Å². The zero-order valence-electron chi connectivity index (χ0n) is 18.6. The van der Waals surface area contributed by atoms with E-state index in [0.29, 0.717) is 29.3 Å². The number of nitrogens with two attached hydrogens (primary N) is 1. The Morgan fingerprint density at radius 2 is 2.06 bits per heavy atom. The van der Waals surface area contributed by atoms with Crippen molar-refractivity contribution in [1.29, 1.82) is 0 Å². The fourth-order valence-corrected chi connectivity index (χ4v) is 3.93. The highest BCUT2D eigenvalue weighted by molar-refractivity contribution is 5.98. The second-order valence-corrected chi connectivity index (χ2v) is 7.85. The van der Waals surface area contributed by atoms with E-state index in [1.807, 2.05) is 13.0 Å². The number of amides is 2. The third-order valence-corrected chi connectivity index (χ3v) is 5.53. The minimum absolute atomic E-state index is 0. The van der Waals surface area contributed by atoms with E-state index in [0.717, 1.165) is 30.6 Å². The second kappa shape index (κ2) is 10.4. The van der Waals surface area contributed by atoms with Crippen molar-refractivity contribution >= 4 is 17.5 Å². The van der Waals surface area contributed by atoms with Crippen LogP contribution in [0.4, 0.5) is 10.1 Å². The van der Waals surface area contributed by atoms with Crippen LogP contribution in [-0.2, 0) is 13.0 Å². The fraction of sp³-hybridized carbons (Fsp3) is 0.320. The van der Waals surface area contributed by atoms with Crippen molar-refractivity contribution in [2.45, 2.75) is 40.7 Å². The van der Waals surface area contributed by atoms with Crippen molar-refractivity contribution in [3.05, 3.63) is 70.3 Å². The van der Waals surface area contributed by atoms with Crippen molar-refractivity contribution in [3.8, 4) is 11.4 Å². The lowest BCUT2D eigenvalue weighted by Gasteiger charge is -2.15. The Labute approximate surface area is 198 Å². The number of carbonyl (C=O) groups excluding carboxylic acids is 2. The monoisotopic (exact) mass is 467 g/mol. The predicted octanol–water partition coefficient (Wildman–Crippen LogP) is 3.74. The molecule has 1 aliphatic heterocycles. The molecule has 4 rings (SSSR count). The molecule has 1 aromatic heterocycles. The number of fused-ring (bicyclic) bond motifs is 1. The summed E-state index contributed by atoms with van der Waals surface area (Å²) in [5, 5.41) is 10.7. The number of ether oxygens (including phenoxy) is 1. The molecule has 8 nitrogen and oxygen atoms in total. The maximum Gasteiger partial charge on any atom is 0.269 e. The van der Waals surface area contributed by atoms with E-state index < -0.39 is 11.7 Å². The van der Waals surface area contributed by atoms with E-state index in [-0.39, 0.29) is 31.1 Å². The van der Waals surface area contributed by atoms with Gasteiger partial charge >= 0.3 is 0 Å². The molecule has 2 aromatic carbocycles. The highest BCUT2D eigenvalue weighted by atomic mass is 19.1. The molecule has 180 valence electrons. The van der Waals surface area contributed by atoms with Gasteiger partial charge in [0.2, 0.25) is 0 Å². The summed E-state index contributed by atoms with van der Waals surface area (Å²) in [4.78, 5) is 24.8. The Morgan fingerprint density at radius 3 is 2.79 bits per heavy atom. The van der Waals surface area contributed by atoms with Gasteiger partial charge in [-0.1, -0.05) is 19.6 Å². The molecule has 0 bridgehead atoms. The summed E-state index contributed by atoms with van der Waals surface area (Å²) in [6.07, 6.45) is 1.67. The first-order valence-corrected chi connectivity index (χ1v) is 10.8. The Balaban J connectivity index is 0.00000324. The average molecular weight is 468 g/mol. The van der Waals surface area contributed by atoms with Crippen LogP contribution in [0.2, 0.25) is 0 Å². The van der Waals surface area contributed by atoms with Gasteiger partial charge in [0, 0.05) is 18.7 Å². The van der Waals surface area contributed by atoms with Crippen molar-refractivity contribution < 1.29 is 18.7 Å². The van der Waals surface area contributed by atoms with Gasteiger partial charge < -0.3 is 21.1 Å². The number of aromatic nitrogens is 2. The average Bonchev–Trinajstić information content (AvgIpc) is 3.19. The molecule has 3 aromatic rings. The molecule has 4 N–H and O–H groups in total. The molecule has 0 aliphatic carbocycles. The fourth-order valence-electron chi connectivity index (χ4n) is 3.93. The lowest BCUT2D eigenvalue weighted by molar-refractivity contribution is 0.0948. The van der Waals surface area contributed by atoms with Gasteiger partial charge in [0.15, 0.2) is 5.69 Å². The molecule has 0 saturated heterocycles. The molecule has 0 atom stereocenters. The summed E-state index contributed by atoms with van der Waals surface area (Å²) in [5.74, 6) is -0.901. The molecule has 1 aliphatic rings. The number of carbonyl (C=O) groups is 2. The Bertz CT molecular complexity index is 1220. The number of hydrogen-bond acceptors (Lipinski definition) is 5. The summed E-state index contributed by atoms with van der Waals surface area (Å²) < 4.78 is 20.9. The van der Waals surface area contributed by atoms with Gasteiger partial charge in [-0.2, -0.15) is 5.10 Å². The molecule has 0 radical (unpaired) electrons. The molecule has 2 amide bonds. The summed E-state index contributed by atoms with van der Waals surface area (Å²) in [5.41, 5.74) is 9.76. The molecule has 34 heavy (non-hydrogen) atoms. The van der Waals surface area contributed by atoms with E-state index >= 15 is 0 Å². The highest BCUT2D eigenvalue weighted by Crippen LogP contribution is 2.32. The van der Waals surface area contributed by atoms with E-state index in [2.05, 4.69) is 15.7 Å². The van der Waals surface area contributed by atoms with Gasteiger partial charge in [0.05, 0.1) is 18.0 Å². The van der Waals surface area contributed by atoms with Crippen LogP contribution in [0.1, 0.15) is 58.4 Å². The van der Waals surface area contributed by atoms with Crippen LogP contribution in [-0.4, -0.2) is 34.7 Å². The summed E-state index contributed by atoms with van der Waals surface area (Å²) in [7, 11) is 0. The third-order valence-electron chi connectivity index (χ3n) is 5.53. The minimum Gasteiger partial charge on any atom is -0.492 e. The predicted molar refractivity (Wildman–Crippen MR) is 129 cm³/mol. The van der Waals surface area contributed by atoms with Crippen molar-refractivity contribution in [1.82, 2.24) is 15.1 Å². The quantitative estimate of drug-likeness (QED) is 0.490. The lowest BCUT2D eigenvalue weighted by atomic mass is 10.1. The second-order valence-electron chi connectivity index (χ2n) is 7.85. The number of hydrogen-bond donors (Lipinski definition) is 3. The smallest absolute Gasteiger partial charge is 0.269 e. The maximum absolute atomic E-state index is 13.5. The SMILES string of the molecule is C.CCOc1cc(CNC(=O)c2cc(F)ccc2C)ccc1-n1nc2c(c1C(N)=O)NCCC2. The first-order valence-electron chi connectivity index (χ1n) is 10.8. The topological polar surface area (TPSA) is 111 Å². The van der Waals surface area contributed by atoms with E-state index in [9.17, 15) is 14.0 Å². The lowest BCUT2D eigenvalue weighted by Crippen LogP contribution is -2.24. The first-order chi connectivity index (χ1) is 15.9. The summed E-state index contributed by atoms with van der Waals surface area (Å²) in [6, 6.07) is 9.50. The number of halogens is 1. The van der Waals surface area contributed by atoms with Crippen LogP contribution < -0.4 is 21.1 Å². The van der Waals surface area contributed by atoms with Crippen molar-refractivity contribution in [2.75, 3.05) is 18.5 Å². The van der Waals surface area contributed by atoms with E-state index in [4.69, 9.17) is 10.5 Å². The molecule has 0 unspecified atom stereocenters. The zero-order chi connectivity index (χ0) is 23.5. The van der Waals surface area contributed by atoms with Crippen LogP contribution in [0, 0.1) is 12.7 Å². The van der Waals surface area contributed by atoms with Gasteiger partial charge in [-0.15, -0.1) is 0 Å². The standard InChI is InChI=1S/C24H26FN5O3.CH4/c1-3-33-20-11-15(13-28-24(32)17-12-16(25)8-6-14(17)2)7-9-19(20)30-22(23(26)31)21-18(29-30)5-4-10-27-21;/h6-9,11-12,27H,3-5,10,13H2,1-2H3,(H2,26,31)(H,28,32);1H4.